The molecule has 10 heteroatoms. The summed E-state index contributed by atoms with van der Waals surface area (Å²) < 4.78 is 26.7. The zero-order chi connectivity index (χ0) is 26.9. The van der Waals surface area contributed by atoms with Crippen molar-refractivity contribution in [3.05, 3.63) is 63.6 Å². The standard InChI is InChI=1S/C26H35Cl2N3O4S/c1-5-8-16-29-26(33)23(7-3)30(17-20-21(27)13-11-14-22(20)28)25(32)18-31(36(4,34)35)24-15-10-9-12-19(24)6-2/h9-15,23H,5-8,16-18H2,1-4H3,(H,29,33)/t23-/m1/s1. The van der Waals surface area contributed by atoms with Crippen LogP contribution in [0.15, 0.2) is 42.5 Å². The van der Waals surface area contributed by atoms with Crippen molar-refractivity contribution in [2.24, 2.45) is 0 Å². The van der Waals surface area contributed by atoms with Crippen molar-refractivity contribution in [1.29, 1.82) is 0 Å². The summed E-state index contributed by atoms with van der Waals surface area (Å²) in [6.45, 7) is 5.73. The molecule has 0 aromatic heterocycles. The summed E-state index contributed by atoms with van der Waals surface area (Å²) >= 11 is 12.8. The quantitative estimate of drug-likeness (QED) is 0.350. The number of halogens is 2. The Kier molecular flexibility index (Phi) is 11.5. The summed E-state index contributed by atoms with van der Waals surface area (Å²) in [6, 6.07) is 11.2. The van der Waals surface area contributed by atoms with E-state index in [0.29, 0.717) is 40.7 Å². The average Bonchev–Trinajstić information content (AvgIpc) is 2.83. The van der Waals surface area contributed by atoms with Gasteiger partial charge in [-0.15, -0.1) is 0 Å². The number of carbonyl (C=O) groups is 2. The molecule has 1 atom stereocenters. The monoisotopic (exact) mass is 555 g/mol. The Morgan fingerprint density at radius 1 is 1.00 bits per heavy atom. The summed E-state index contributed by atoms with van der Waals surface area (Å²) in [7, 11) is -3.81. The minimum Gasteiger partial charge on any atom is -0.354 e. The molecule has 2 rings (SSSR count). The van der Waals surface area contributed by atoms with Crippen LogP contribution in [0.3, 0.4) is 0 Å². The summed E-state index contributed by atoms with van der Waals surface area (Å²) in [5.74, 6) is -0.831. The molecule has 0 unspecified atom stereocenters. The first kappa shape index (κ1) is 29.9. The number of para-hydroxylation sites is 1. The van der Waals surface area contributed by atoms with Crippen LogP contribution in [0.25, 0.3) is 0 Å². The maximum absolute atomic E-state index is 13.8. The lowest BCUT2D eigenvalue weighted by Crippen LogP contribution is -2.52. The summed E-state index contributed by atoms with van der Waals surface area (Å²) in [5.41, 5.74) is 1.72. The van der Waals surface area contributed by atoms with Crippen molar-refractivity contribution in [2.75, 3.05) is 23.7 Å². The maximum atomic E-state index is 13.8. The molecule has 1 N–H and O–H groups in total. The van der Waals surface area contributed by atoms with E-state index in [1.807, 2.05) is 26.0 Å². The van der Waals surface area contributed by atoms with Gasteiger partial charge in [-0.3, -0.25) is 13.9 Å². The second-order valence-corrected chi connectivity index (χ2v) is 11.3. The lowest BCUT2D eigenvalue weighted by atomic mass is 10.1. The van der Waals surface area contributed by atoms with Gasteiger partial charge >= 0.3 is 0 Å². The topological polar surface area (TPSA) is 86.8 Å². The van der Waals surface area contributed by atoms with Crippen LogP contribution in [-0.4, -0.2) is 50.5 Å². The van der Waals surface area contributed by atoms with Gasteiger partial charge in [0.05, 0.1) is 11.9 Å². The van der Waals surface area contributed by atoms with E-state index in [1.165, 1.54) is 4.90 Å². The minimum absolute atomic E-state index is 0.0376. The zero-order valence-corrected chi connectivity index (χ0v) is 23.6. The van der Waals surface area contributed by atoms with E-state index in [4.69, 9.17) is 23.2 Å². The van der Waals surface area contributed by atoms with Crippen molar-refractivity contribution in [3.8, 4) is 0 Å². The molecule has 0 fully saturated rings. The van der Waals surface area contributed by atoms with Gasteiger partial charge < -0.3 is 10.2 Å². The highest BCUT2D eigenvalue weighted by Crippen LogP contribution is 2.28. The van der Waals surface area contributed by atoms with Crippen molar-refractivity contribution < 1.29 is 18.0 Å². The molecule has 2 amide bonds. The fraction of sp³-hybridized carbons (Fsp3) is 0.462. The van der Waals surface area contributed by atoms with Gasteiger partial charge in [0.25, 0.3) is 0 Å². The van der Waals surface area contributed by atoms with E-state index in [-0.39, 0.29) is 12.5 Å². The number of rotatable bonds is 13. The van der Waals surface area contributed by atoms with Crippen LogP contribution in [0.5, 0.6) is 0 Å². The Labute approximate surface area is 224 Å². The van der Waals surface area contributed by atoms with Gasteiger partial charge in [0.15, 0.2) is 0 Å². The predicted octanol–water partition coefficient (Wildman–Crippen LogP) is 5.05. The first-order valence-electron chi connectivity index (χ1n) is 12.1. The number of carbonyl (C=O) groups excluding carboxylic acids is 2. The van der Waals surface area contributed by atoms with Crippen LogP contribution >= 0.6 is 23.2 Å². The molecule has 7 nitrogen and oxygen atoms in total. The number of unbranched alkanes of at least 4 members (excludes halogenated alkanes) is 1. The molecule has 0 saturated heterocycles. The highest BCUT2D eigenvalue weighted by molar-refractivity contribution is 7.92. The van der Waals surface area contributed by atoms with Gasteiger partial charge in [0, 0.05) is 28.7 Å². The predicted molar refractivity (Wildman–Crippen MR) is 147 cm³/mol. The van der Waals surface area contributed by atoms with E-state index < -0.39 is 28.5 Å². The number of nitrogens with zero attached hydrogens (tertiary/aromatic N) is 2. The van der Waals surface area contributed by atoms with Gasteiger partial charge in [0.2, 0.25) is 21.8 Å². The molecule has 0 heterocycles. The molecule has 0 saturated carbocycles. The van der Waals surface area contributed by atoms with Gasteiger partial charge in [0.1, 0.15) is 12.6 Å². The van der Waals surface area contributed by atoms with Crippen molar-refractivity contribution in [3.63, 3.8) is 0 Å². The number of nitrogens with one attached hydrogen (secondary N) is 1. The van der Waals surface area contributed by atoms with E-state index in [0.717, 1.165) is 29.0 Å². The number of amides is 2. The van der Waals surface area contributed by atoms with Crippen LogP contribution in [0.4, 0.5) is 5.69 Å². The van der Waals surface area contributed by atoms with Gasteiger partial charge in [-0.25, -0.2) is 8.42 Å². The molecule has 0 radical (unpaired) electrons. The molecule has 2 aromatic carbocycles. The Bertz CT molecular complexity index is 1140. The number of sulfonamides is 1. The Balaban J connectivity index is 2.50. The Morgan fingerprint density at radius 3 is 2.19 bits per heavy atom. The third kappa shape index (κ3) is 7.85. The van der Waals surface area contributed by atoms with E-state index in [1.54, 1.807) is 37.3 Å². The van der Waals surface area contributed by atoms with Crippen molar-refractivity contribution in [1.82, 2.24) is 10.2 Å². The Hall–Kier alpha value is -2.29. The van der Waals surface area contributed by atoms with Crippen LogP contribution < -0.4 is 9.62 Å². The molecule has 36 heavy (non-hydrogen) atoms. The Morgan fingerprint density at radius 2 is 1.64 bits per heavy atom. The number of aryl methyl sites for hydroxylation is 1. The van der Waals surface area contributed by atoms with E-state index >= 15 is 0 Å². The molecule has 0 aliphatic heterocycles. The van der Waals surface area contributed by atoms with Gasteiger partial charge in [-0.1, -0.05) is 74.7 Å². The zero-order valence-electron chi connectivity index (χ0n) is 21.3. The minimum atomic E-state index is -3.81. The SMILES string of the molecule is CCCCNC(=O)[C@@H](CC)N(Cc1c(Cl)cccc1Cl)C(=O)CN(c1ccccc1CC)S(C)(=O)=O. The molecule has 0 aliphatic rings. The molecule has 0 bridgehead atoms. The smallest absolute Gasteiger partial charge is 0.244 e. The second kappa shape index (κ2) is 13.9. The fourth-order valence-corrected chi connectivity index (χ4v) is 5.32. The summed E-state index contributed by atoms with van der Waals surface area (Å²) in [6.07, 6.45) is 3.71. The molecular weight excluding hydrogens is 521 g/mol. The number of benzene rings is 2. The van der Waals surface area contributed by atoms with Crippen LogP contribution in [0.1, 0.15) is 51.2 Å². The molecular formula is C26H35Cl2N3O4S. The second-order valence-electron chi connectivity index (χ2n) is 8.54. The fourth-order valence-electron chi connectivity index (χ4n) is 3.93. The highest BCUT2D eigenvalue weighted by atomic mass is 35.5. The van der Waals surface area contributed by atoms with Crippen LogP contribution in [-0.2, 0) is 32.6 Å². The van der Waals surface area contributed by atoms with E-state index in [9.17, 15) is 18.0 Å². The number of anilines is 1. The van der Waals surface area contributed by atoms with Gasteiger partial charge in [-0.05, 0) is 43.0 Å². The van der Waals surface area contributed by atoms with Crippen molar-refractivity contribution >= 4 is 50.7 Å². The normalized spacial score (nSPS) is 12.2. The lowest BCUT2D eigenvalue weighted by Gasteiger charge is -2.33. The number of hydrogen-bond donors (Lipinski definition) is 1. The number of hydrogen-bond acceptors (Lipinski definition) is 4. The first-order chi connectivity index (χ1) is 17.0. The lowest BCUT2D eigenvalue weighted by molar-refractivity contribution is -0.140. The molecule has 2 aromatic rings. The largest absolute Gasteiger partial charge is 0.354 e. The summed E-state index contributed by atoms with van der Waals surface area (Å²) in [5, 5.41) is 3.61. The highest BCUT2D eigenvalue weighted by Gasteiger charge is 2.32. The third-order valence-corrected chi connectivity index (χ3v) is 7.76. The van der Waals surface area contributed by atoms with E-state index in [2.05, 4.69) is 5.32 Å². The third-order valence-electron chi connectivity index (χ3n) is 5.93. The van der Waals surface area contributed by atoms with Crippen LogP contribution in [0, 0.1) is 0 Å². The van der Waals surface area contributed by atoms with Gasteiger partial charge in [-0.2, -0.15) is 0 Å². The summed E-state index contributed by atoms with van der Waals surface area (Å²) in [4.78, 5) is 28.3. The average molecular weight is 557 g/mol. The first-order valence-corrected chi connectivity index (χ1v) is 14.7. The molecule has 0 aliphatic carbocycles. The van der Waals surface area contributed by atoms with Crippen molar-refractivity contribution in [2.45, 2.75) is 59.0 Å². The molecule has 0 spiro atoms. The maximum Gasteiger partial charge on any atom is 0.244 e. The molecule has 198 valence electrons. The van der Waals surface area contributed by atoms with Crippen LogP contribution in [0.2, 0.25) is 10.0 Å².